The number of aromatic nitrogens is 2. The first-order valence-electron chi connectivity index (χ1n) is 9.45. The van der Waals surface area contributed by atoms with Crippen LogP contribution in [0.5, 0.6) is 5.75 Å². The molecule has 0 amide bonds. The fraction of sp³-hybridized carbons (Fsp3) is 0.474. The Morgan fingerprint density at radius 3 is 2.93 bits per heavy atom. The number of hydrogen-bond donors (Lipinski definition) is 2. The Bertz CT molecular complexity index is 759. The molecule has 2 N–H and O–H groups in total. The molecule has 0 saturated carbocycles. The zero-order valence-electron chi connectivity index (χ0n) is 16.3. The number of para-hydroxylation sites is 2. The summed E-state index contributed by atoms with van der Waals surface area (Å²) in [6.07, 6.45) is 6.30. The SMILES string of the molecule is CCNC(=NCCn1ccnc1)NC1CCN(c2ccccc2OC(F)F)C1.I. The molecule has 2 heterocycles. The standard InChI is InChI=1S/C19H26F2N6O.HI/c1-2-23-19(24-9-12-26-11-8-22-14-26)25-15-7-10-27(13-15)16-5-3-4-6-17(16)28-18(20)21;/h3-6,8,11,14-15,18H,2,7,9-10,12-13H2,1H3,(H2,23,24,25);1H. The van der Waals surface area contributed by atoms with Gasteiger partial charge < -0.3 is 24.8 Å². The lowest BCUT2D eigenvalue weighted by molar-refractivity contribution is -0.0495. The van der Waals surface area contributed by atoms with Crippen LogP contribution in [0.25, 0.3) is 0 Å². The molecule has 160 valence electrons. The Kier molecular flexibility index (Phi) is 9.42. The van der Waals surface area contributed by atoms with Gasteiger partial charge >= 0.3 is 6.61 Å². The third kappa shape index (κ3) is 7.02. The van der Waals surface area contributed by atoms with E-state index in [1.54, 1.807) is 24.7 Å². The van der Waals surface area contributed by atoms with Gasteiger partial charge in [0, 0.05) is 44.6 Å². The maximum absolute atomic E-state index is 12.7. The Hall–Kier alpha value is -2.11. The van der Waals surface area contributed by atoms with Crippen molar-refractivity contribution in [2.45, 2.75) is 32.5 Å². The molecule has 3 rings (SSSR count). The van der Waals surface area contributed by atoms with Crippen LogP contribution in [0.4, 0.5) is 14.5 Å². The molecule has 1 aromatic heterocycles. The van der Waals surface area contributed by atoms with E-state index < -0.39 is 6.61 Å². The van der Waals surface area contributed by atoms with E-state index in [0.717, 1.165) is 32.0 Å². The number of halogens is 3. The molecule has 1 aliphatic rings. The number of nitrogens with zero attached hydrogens (tertiary/aromatic N) is 4. The van der Waals surface area contributed by atoms with Crippen molar-refractivity contribution in [1.82, 2.24) is 20.2 Å². The van der Waals surface area contributed by atoms with Crippen LogP contribution in [-0.4, -0.2) is 54.3 Å². The van der Waals surface area contributed by atoms with E-state index in [2.05, 4.69) is 30.2 Å². The van der Waals surface area contributed by atoms with Gasteiger partial charge in [-0.2, -0.15) is 8.78 Å². The average Bonchev–Trinajstić information content (AvgIpc) is 3.34. The lowest BCUT2D eigenvalue weighted by atomic mass is 10.2. The highest BCUT2D eigenvalue weighted by Gasteiger charge is 2.26. The molecule has 1 aliphatic heterocycles. The van der Waals surface area contributed by atoms with Crippen LogP contribution < -0.4 is 20.3 Å². The lowest BCUT2D eigenvalue weighted by Crippen LogP contribution is -2.44. The van der Waals surface area contributed by atoms with Crippen LogP contribution in [0.2, 0.25) is 0 Å². The number of hydrogen-bond acceptors (Lipinski definition) is 4. The summed E-state index contributed by atoms with van der Waals surface area (Å²) in [5.41, 5.74) is 0.689. The Labute approximate surface area is 186 Å². The zero-order valence-corrected chi connectivity index (χ0v) is 18.6. The minimum atomic E-state index is -2.83. The summed E-state index contributed by atoms with van der Waals surface area (Å²) in [7, 11) is 0. The van der Waals surface area contributed by atoms with Crippen LogP contribution in [0.15, 0.2) is 48.0 Å². The number of nitrogens with one attached hydrogen (secondary N) is 2. The number of alkyl halides is 2. The van der Waals surface area contributed by atoms with Crippen molar-refractivity contribution in [3.05, 3.63) is 43.0 Å². The fourth-order valence-corrected chi connectivity index (χ4v) is 3.22. The van der Waals surface area contributed by atoms with Gasteiger partial charge in [-0.1, -0.05) is 12.1 Å². The molecule has 0 radical (unpaired) electrons. The molecule has 1 saturated heterocycles. The summed E-state index contributed by atoms with van der Waals surface area (Å²) in [6.45, 7) is 2.79. The van der Waals surface area contributed by atoms with Gasteiger partial charge in [-0.3, -0.25) is 4.99 Å². The Morgan fingerprint density at radius 2 is 2.21 bits per heavy atom. The maximum Gasteiger partial charge on any atom is 0.387 e. The van der Waals surface area contributed by atoms with Crippen molar-refractivity contribution in [3.63, 3.8) is 0 Å². The largest absolute Gasteiger partial charge is 0.433 e. The first-order chi connectivity index (χ1) is 13.7. The summed E-state index contributed by atoms with van der Waals surface area (Å²) >= 11 is 0. The van der Waals surface area contributed by atoms with E-state index in [4.69, 9.17) is 0 Å². The van der Waals surface area contributed by atoms with Crippen molar-refractivity contribution in [2.24, 2.45) is 4.99 Å². The van der Waals surface area contributed by atoms with Gasteiger partial charge in [-0.05, 0) is 25.5 Å². The van der Waals surface area contributed by atoms with Crippen LogP contribution in [0, 0.1) is 0 Å². The number of benzene rings is 1. The van der Waals surface area contributed by atoms with E-state index >= 15 is 0 Å². The van der Waals surface area contributed by atoms with Crippen molar-refractivity contribution in [2.75, 3.05) is 31.1 Å². The molecule has 1 atom stereocenters. The molecular formula is C19H27F2IN6O. The van der Waals surface area contributed by atoms with Gasteiger partial charge in [0.25, 0.3) is 0 Å². The number of ether oxygens (including phenoxy) is 1. The monoisotopic (exact) mass is 520 g/mol. The molecular weight excluding hydrogens is 493 g/mol. The second-order valence-electron chi connectivity index (χ2n) is 6.48. The normalized spacial score (nSPS) is 16.6. The number of anilines is 1. The van der Waals surface area contributed by atoms with E-state index in [-0.39, 0.29) is 35.8 Å². The van der Waals surface area contributed by atoms with Crippen molar-refractivity contribution >= 4 is 35.6 Å². The van der Waals surface area contributed by atoms with Gasteiger partial charge in [0.15, 0.2) is 5.96 Å². The van der Waals surface area contributed by atoms with Crippen LogP contribution in [-0.2, 0) is 6.54 Å². The second-order valence-corrected chi connectivity index (χ2v) is 6.48. The lowest BCUT2D eigenvalue weighted by Gasteiger charge is -2.22. The van der Waals surface area contributed by atoms with Crippen LogP contribution in [0.1, 0.15) is 13.3 Å². The molecule has 10 heteroatoms. The van der Waals surface area contributed by atoms with Crippen LogP contribution in [0.3, 0.4) is 0 Å². The van der Waals surface area contributed by atoms with E-state index in [0.29, 0.717) is 18.8 Å². The molecule has 0 spiro atoms. The minimum absolute atomic E-state index is 0. The molecule has 1 fully saturated rings. The average molecular weight is 520 g/mol. The van der Waals surface area contributed by atoms with Gasteiger partial charge in [0.1, 0.15) is 5.75 Å². The molecule has 2 aromatic rings. The fourth-order valence-electron chi connectivity index (χ4n) is 3.22. The summed E-state index contributed by atoms with van der Waals surface area (Å²) < 4.78 is 32.0. The van der Waals surface area contributed by atoms with Gasteiger partial charge in [0.05, 0.1) is 18.6 Å². The van der Waals surface area contributed by atoms with E-state index in [1.165, 1.54) is 0 Å². The highest BCUT2D eigenvalue weighted by atomic mass is 127. The second kappa shape index (κ2) is 11.8. The van der Waals surface area contributed by atoms with Crippen molar-refractivity contribution in [1.29, 1.82) is 0 Å². The first kappa shape index (κ1) is 23.2. The Morgan fingerprint density at radius 1 is 1.38 bits per heavy atom. The summed E-state index contributed by atoms with van der Waals surface area (Å²) in [5, 5.41) is 6.69. The number of aliphatic imine (C=N–C) groups is 1. The number of rotatable bonds is 8. The maximum atomic E-state index is 12.7. The van der Waals surface area contributed by atoms with Crippen molar-refractivity contribution in [3.8, 4) is 5.75 Å². The van der Waals surface area contributed by atoms with Gasteiger partial charge in [-0.25, -0.2) is 4.98 Å². The van der Waals surface area contributed by atoms with Crippen molar-refractivity contribution < 1.29 is 13.5 Å². The quantitative estimate of drug-likeness (QED) is 0.319. The third-order valence-corrected chi connectivity index (χ3v) is 4.48. The molecule has 0 aliphatic carbocycles. The zero-order chi connectivity index (χ0) is 19.8. The van der Waals surface area contributed by atoms with E-state index in [1.807, 2.05) is 29.8 Å². The Balaban J connectivity index is 0.00000300. The molecule has 0 bridgehead atoms. The summed E-state index contributed by atoms with van der Waals surface area (Å²) in [6, 6.07) is 7.08. The van der Waals surface area contributed by atoms with Crippen LogP contribution >= 0.6 is 24.0 Å². The molecule has 1 unspecified atom stereocenters. The number of guanidine groups is 1. The summed E-state index contributed by atoms with van der Waals surface area (Å²) in [5.74, 6) is 0.964. The summed E-state index contributed by atoms with van der Waals surface area (Å²) in [4.78, 5) is 10.7. The minimum Gasteiger partial charge on any atom is -0.433 e. The molecule has 29 heavy (non-hydrogen) atoms. The topological polar surface area (TPSA) is 66.7 Å². The molecule has 1 aromatic carbocycles. The predicted molar refractivity (Wildman–Crippen MR) is 120 cm³/mol. The van der Waals surface area contributed by atoms with Gasteiger partial charge in [0.2, 0.25) is 0 Å². The smallest absolute Gasteiger partial charge is 0.387 e. The van der Waals surface area contributed by atoms with E-state index in [9.17, 15) is 8.78 Å². The molecule has 7 nitrogen and oxygen atoms in total. The highest BCUT2D eigenvalue weighted by molar-refractivity contribution is 14.0. The highest BCUT2D eigenvalue weighted by Crippen LogP contribution is 2.31. The first-order valence-corrected chi connectivity index (χ1v) is 9.45. The third-order valence-electron chi connectivity index (χ3n) is 4.48. The van der Waals surface area contributed by atoms with Gasteiger partial charge in [-0.15, -0.1) is 24.0 Å². The predicted octanol–water partition coefficient (Wildman–Crippen LogP) is 2.94. The number of imidazole rings is 1.